The van der Waals surface area contributed by atoms with Crippen LogP contribution in [0.5, 0.6) is 5.75 Å². The summed E-state index contributed by atoms with van der Waals surface area (Å²) < 4.78 is 12.0. The molecule has 1 saturated carbocycles. The van der Waals surface area contributed by atoms with E-state index in [0.29, 0.717) is 28.6 Å². The molecule has 0 aliphatic heterocycles. The second kappa shape index (κ2) is 7.58. The molecule has 3 heterocycles. The first-order valence-electron chi connectivity index (χ1n) is 10.7. The first-order valence-corrected chi connectivity index (χ1v) is 10.7. The first kappa shape index (κ1) is 20.4. The van der Waals surface area contributed by atoms with Gasteiger partial charge in [-0.1, -0.05) is 0 Å². The molecule has 4 aromatic rings. The number of carbonyl (C=O) groups excluding carboxylic acids is 1. The predicted octanol–water partition coefficient (Wildman–Crippen LogP) is 0.718. The van der Waals surface area contributed by atoms with E-state index in [1.807, 2.05) is 47.8 Å². The van der Waals surface area contributed by atoms with Gasteiger partial charge >= 0.3 is 0 Å². The van der Waals surface area contributed by atoms with E-state index in [2.05, 4.69) is 20.6 Å². The lowest BCUT2D eigenvalue weighted by Crippen LogP contribution is -2.37. The van der Waals surface area contributed by atoms with Gasteiger partial charge in [-0.15, -0.1) is 0 Å². The molecule has 0 spiro atoms. The van der Waals surface area contributed by atoms with Gasteiger partial charge in [0.25, 0.3) is 0 Å². The number of pyridine rings is 2. The second-order valence-electron chi connectivity index (χ2n) is 9.01. The highest BCUT2D eigenvalue weighted by Gasteiger charge is 2.30. The summed E-state index contributed by atoms with van der Waals surface area (Å²) in [6.45, 7) is 0. The Kier molecular flexibility index (Phi) is 4.84. The minimum absolute atomic E-state index is 0.00883. The third-order valence-corrected chi connectivity index (χ3v) is 5.22. The summed E-state index contributed by atoms with van der Waals surface area (Å²) in [5.74, 6) is 2.47. The topological polar surface area (TPSA) is 102 Å². The van der Waals surface area contributed by atoms with Crippen LogP contribution in [0.2, 0.25) is 0 Å². The molecule has 8 nitrogen and oxygen atoms in total. The van der Waals surface area contributed by atoms with Crippen LogP contribution in [0.15, 0.2) is 41.1 Å². The van der Waals surface area contributed by atoms with E-state index in [9.17, 15) is 4.79 Å². The van der Waals surface area contributed by atoms with Gasteiger partial charge in [0, 0.05) is 47.5 Å². The van der Waals surface area contributed by atoms with Gasteiger partial charge in [-0.25, -0.2) is 15.0 Å². The van der Waals surface area contributed by atoms with Crippen LogP contribution in [0.3, 0.4) is 0 Å². The van der Waals surface area contributed by atoms with Crippen LogP contribution in [0.1, 0.15) is 12.8 Å². The Morgan fingerprint density at radius 3 is 2.69 bits per heavy atom. The van der Waals surface area contributed by atoms with Gasteiger partial charge in [0.1, 0.15) is 46.4 Å². The fourth-order valence-electron chi connectivity index (χ4n) is 3.59. The molecule has 0 unspecified atom stereocenters. The van der Waals surface area contributed by atoms with Crippen LogP contribution < -0.4 is 15.4 Å². The number of nitrogens with one attached hydrogen (secondary N) is 2. The van der Waals surface area contributed by atoms with E-state index in [0.717, 1.165) is 34.9 Å². The average Bonchev–Trinajstić information content (AvgIpc) is 3.51. The minimum Gasteiger partial charge on any atom is -0.514 e. The van der Waals surface area contributed by atoms with Crippen molar-refractivity contribution in [2.45, 2.75) is 18.1 Å². The van der Waals surface area contributed by atoms with Crippen LogP contribution in [-0.2, 0) is 4.79 Å². The van der Waals surface area contributed by atoms with Crippen molar-refractivity contribution in [3.8, 4) is 17.2 Å². The Bertz CT molecular complexity index is 1350. The summed E-state index contributed by atoms with van der Waals surface area (Å²) in [6, 6.07) is 7.44. The Hall–Kier alpha value is -3.49. The summed E-state index contributed by atoms with van der Waals surface area (Å²) in [5, 5.41) is 7.34. The third kappa shape index (κ3) is 4.02. The second-order valence-corrected chi connectivity index (χ2v) is 9.01. The molecule has 5 rings (SSSR count). The van der Waals surface area contributed by atoms with E-state index in [1.165, 1.54) is 0 Å². The van der Waals surface area contributed by atoms with Crippen molar-refractivity contribution >= 4 is 63.0 Å². The quantitative estimate of drug-likeness (QED) is 0.439. The van der Waals surface area contributed by atoms with Crippen molar-refractivity contribution in [2.24, 2.45) is 5.92 Å². The lowest BCUT2D eigenvalue weighted by atomic mass is 9.52. The molecule has 3 aromatic heterocycles. The summed E-state index contributed by atoms with van der Waals surface area (Å²) >= 11 is 0. The fourth-order valence-corrected chi connectivity index (χ4v) is 3.59. The van der Waals surface area contributed by atoms with Crippen molar-refractivity contribution < 1.29 is 13.9 Å². The van der Waals surface area contributed by atoms with Gasteiger partial charge in [-0.3, -0.25) is 4.79 Å². The normalized spacial score (nSPS) is 13.9. The number of nitrogens with zero attached hydrogens (tertiary/aromatic N) is 3. The SMILES string of the molecule is BC(B)(B)Oc1ccc2oc(-c3cnc(NC)c4cnc(NC(=O)C5CC5)cc34)nc2c1. The van der Waals surface area contributed by atoms with E-state index in [1.54, 1.807) is 19.4 Å². The van der Waals surface area contributed by atoms with Gasteiger partial charge in [0.05, 0.1) is 5.56 Å². The Morgan fingerprint density at radius 1 is 1.16 bits per heavy atom. The number of hydrogen-bond acceptors (Lipinski definition) is 7. The Morgan fingerprint density at radius 2 is 1.97 bits per heavy atom. The maximum Gasteiger partial charge on any atom is 0.229 e. The zero-order chi connectivity index (χ0) is 22.5. The number of aromatic nitrogens is 3. The first-order chi connectivity index (χ1) is 15.3. The van der Waals surface area contributed by atoms with Crippen molar-refractivity contribution in [1.82, 2.24) is 15.0 Å². The molecule has 11 heteroatoms. The predicted molar refractivity (Wildman–Crippen MR) is 132 cm³/mol. The van der Waals surface area contributed by atoms with Gasteiger partial charge < -0.3 is 19.8 Å². The Labute approximate surface area is 187 Å². The number of benzene rings is 1. The zero-order valence-corrected chi connectivity index (χ0v) is 18.5. The van der Waals surface area contributed by atoms with E-state index in [-0.39, 0.29) is 17.1 Å². The largest absolute Gasteiger partial charge is 0.514 e. The number of anilines is 2. The smallest absolute Gasteiger partial charge is 0.229 e. The monoisotopic (exact) mass is 425 g/mol. The summed E-state index contributed by atoms with van der Waals surface area (Å²) in [6.07, 6.45) is 5.29. The molecule has 1 aliphatic carbocycles. The van der Waals surface area contributed by atoms with E-state index in [4.69, 9.17) is 14.1 Å². The molecule has 0 saturated heterocycles. The lowest BCUT2D eigenvalue weighted by Gasteiger charge is -2.21. The van der Waals surface area contributed by atoms with Crippen molar-refractivity contribution in [3.05, 3.63) is 36.7 Å². The van der Waals surface area contributed by atoms with Crippen LogP contribution in [0.4, 0.5) is 11.6 Å². The van der Waals surface area contributed by atoms with Crippen LogP contribution >= 0.6 is 0 Å². The van der Waals surface area contributed by atoms with Gasteiger partial charge in [-0.2, -0.15) is 0 Å². The van der Waals surface area contributed by atoms with Crippen LogP contribution in [0.25, 0.3) is 33.3 Å². The maximum atomic E-state index is 12.2. The molecule has 2 N–H and O–H groups in total. The molecule has 1 amide bonds. The summed E-state index contributed by atoms with van der Waals surface area (Å²) in [5.41, 5.74) is 2.07. The van der Waals surface area contributed by atoms with Gasteiger partial charge in [0.15, 0.2) is 5.58 Å². The van der Waals surface area contributed by atoms with Crippen molar-refractivity contribution in [2.75, 3.05) is 17.7 Å². The third-order valence-electron chi connectivity index (χ3n) is 5.22. The van der Waals surface area contributed by atoms with E-state index < -0.39 is 0 Å². The molecule has 1 fully saturated rings. The number of rotatable bonds is 6. The molecule has 32 heavy (non-hydrogen) atoms. The number of carbonyl (C=O) groups is 1. The average molecular weight is 425 g/mol. The van der Waals surface area contributed by atoms with Gasteiger partial charge in [-0.05, 0) is 31.0 Å². The number of amides is 1. The zero-order valence-electron chi connectivity index (χ0n) is 18.5. The molecule has 0 radical (unpaired) electrons. The molecular weight excluding hydrogens is 403 g/mol. The molecule has 158 valence electrons. The fraction of sp³-hybridized carbons (Fsp3) is 0.238. The number of fused-ring (bicyclic) bond motifs is 2. The highest BCUT2D eigenvalue weighted by molar-refractivity contribution is 6.58. The lowest BCUT2D eigenvalue weighted by molar-refractivity contribution is -0.117. The van der Waals surface area contributed by atoms with Crippen LogP contribution in [-0.4, -0.2) is 56.7 Å². The molecular formula is C21H22B3N5O3. The van der Waals surface area contributed by atoms with E-state index >= 15 is 0 Å². The molecule has 0 bridgehead atoms. The highest BCUT2D eigenvalue weighted by Crippen LogP contribution is 2.35. The van der Waals surface area contributed by atoms with Crippen LogP contribution in [0, 0.1) is 5.92 Å². The molecule has 0 atom stereocenters. The number of oxazole rings is 1. The number of hydrogen-bond donors (Lipinski definition) is 2. The minimum atomic E-state index is -0.308. The summed E-state index contributed by atoms with van der Waals surface area (Å²) in [4.78, 5) is 25.8. The van der Waals surface area contributed by atoms with Crippen molar-refractivity contribution in [1.29, 1.82) is 0 Å². The number of ether oxygens (including phenoxy) is 1. The molecule has 1 aliphatic rings. The molecule has 1 aromatic carbocycles. The summed E-state index contributed by atoms with van der Waals surface area (Å²) in [7, 11) is 7.81. The maximum absolute atomic E-state index is 12.2. The van der Waals surface area contributed by atoms with Crippen molar-refractivity contribution in [3.63, 3.8) is 0 Å². The highest BCUT2D eigenvalue weighted by atomic mass is 16.5. The standard InChI is InChI=1S/C21H22B3N5O3/c1-25-18-13-8-26-17(29-19(30)10-2-3-10)7-12(13)14(9-27-18)20-28-15-6-11(32-21(22,23)24)4-5-16(15)31-20/h4-10H,2-3,22-24H2,1H3,(H,25,27)(H,26,29,30). The van der Waals surface area contributed by atoms with Gasteiger partial charge in [0.2, 0.25) is 11.8 Å². The Balaban J connectivity index is 1.58.